The Morgan fingerprint density at radius 2 is 1.75 bits per heavy atom. The Kier molecular flexibility index (Phi) is 4.66. The summed E-state index contributed by atoms with van der Waals surface area (Å²) in [5, 5.41) is 0. The summed E-state index contributed by atoms with van der Waals surface area (Å²) in [6.45, 7) is 2.55. The number of hydrogen-bond donors (Lipinski definition) is 0. The Morgan fingerprint density at radius 1 is 1.10 bits per heavy atom. The lowest BCUT2D eigenvalue weighted by Crippen LogP contribution is -1.94. The number of ketones is 1. The molecule has 0 aromatic heterocycles. The highest BCUT2D eigenvalue weighted by atomic mass is 19.1. The number of rotatable bonds is 5. The summed E-state index contributed by atoms with van der Waals surface area (Å²) in [7, 11) is 0. The minimum absolute atomic E-state index is 0.154. The van der Waals surface area contributed by atoms with Crippen molar-refractivity contribution in [1.29, 1.82) is 0 Å². The van der Waals surface area contributed by atoms with Crippen molar-refractivity contribution < 1.29 is 13.9 Å². The van der Waals surface area contributed by atoms with E-state index in [2.05, 4.69) is 0 Å². The van der Waals surface area contributed by atoms with Gasteiger partial charge in [-0.1, -0.05) is 18.2 Å². The standard InChI is InChI=1S/C17H15FO2/c1-2-20-16-10-3-13(4-11-16)5-12-17(19)14-6-8-15(18)9-7-14/h3-12H,2H2,1H3/b12-5+. The molecule has 0 aliphatic heterocycles. The topological polar surface area (TPSA) is 26.3 Å². The molecule has 0 bridgehead atoms. The minimum Gasteiger partial charge on any atom is -0.494 e. The van der Waals surface area contributed by atoms with Crippen molar-refractivity contribution in [1.82, 2.24) is 0 Å². The average molecular weight is 270 g/mol. The fourth-order valence-corrected chi connectivity index (χ4v) is 1.72. The van der Waals surface area contributed by atoms with E-state index in [1.807, 2.05) is 31.2 Å². The van der Waals surface area contributed by atoms with E-state index in [1.54, 1.807) is 6.08 Å². The number of carbonyl (C=O) groups excluding carboxylic acids is 1. The molecule has 0 radical (unpaired) electrons. The average Bonchev–Trinajstić information content (AvgIpc) is 2.47. The second-order valence-corrected chi connectivity index (χ2v) is 4.21. The molecule has 0 heterocycles. The summed E-state index contributed by atoms with van der Waals surface area (Å²) >= 11 is 0. The predicted octanol–water partition coefficient (Wildman–Crippen LogP) is 4.12. The van der Waals surface area contributed by atoms with Crippen LogP contribution in [-0.4, -0.2) is 12.4 Å². The largest absolute Gasteiger partial charge is 0.494 e. The smallest absolute Gasteiger partial charge is 0.185 e. The molecule has 0 amide bonds. The Labute approximate surface area is 117 Å². The van der Waals surface area contributed by atoms with Crippen molar-refractivity contribution in [2.45, 2.75) is 6.92 Å². The lowest BCUT2D eigenvalue weighted by molar-refractivity contribution is 0.104. The first-order valence-corrected chi connectivity index (χ1v) is 6.40. The predicted molar refractivity (Wildman–Crippen MR) is 77.4 cm³/mol. The summed E-state index contributed by atoms with van der Waals surface area (Å²) < 4.78 is 18.1. The molecule has 2 rings (SSSR count). The molecule has 0 saturated heterocycles. The maximum atomic E-state index is 12.8. The van der Waals surface area contributed by atoms with Gasteiger partial charge in [0, 0.05) is 5.56 Å². The maximum Gasteiger partial charge on any atom is 0.185 e. The van der Waals surface area contributed by atoms with Crippen molar-refractivity contribution in [3.05, 3.63) is 71.6 Å². The summed E-state index contributed by atoms with van der Waals surface area (Å²) in [6, 6.07) is 13.0. The van der Waals surface area contributed by atoms with E-state index in [0.29, 0.717) is 12.2 Å². The highest BCUT2D eigenvalue weighted by molar-refractivity contribution is 6.06. The third-order valence-electron chi connectivity index (χ3n) is 2.75. The van der Waals surface area contributed by atoms with Gasteiger partial charge in [0.1, 0.15) is 11.6 Å². The first-order chi connectivity index (χ1) is 9.69. The number of halogens is 1. The van der Waals surface area contributed by atoms with Crippen LogP contribution in [0, 0.1) is 5.82 Å². The summed E-state index contributed by atoms with van der Waals surface area (Å²) in [5.74, 6) is 0.297. The monoisotopic (exact) mass is 270 g/mol. The van der Waals surface area contributed by atoms with Gasteiger partial charge in [-0.15, -0.1) is 0 Å². The summed E-state index contributed by atoms with van der Waals surface area (Å²) in [4.78, 5) is 11.9. The normalized spacial score (nSPS) is 10.7. The molecular weight excluding hydrogens is 255 g/mol. The number of hydrogen-bond acceptors (Lipinski definition) is 2. The summed E-state index contributed by atoms with van der Waals surface area (Å²) in [6.07, 6.45) is 3.20. The van der Waals surface area contributed by atoms with Crippen LogP contribution in [0.1, 0.15) is 22.8 Å². The van der Waals surface area contributed by atoms with Gasteiger partial charge in [-0.05, 0) is 55.0 Å². The van der Waals surface area contributed by atoms with Gasteiger partial charge in [0.15, 0.2) is 5.78 Å². The van der Waals surface area contributed by atoms with Gasteiger partial charge in [-0.3, -0.25) is 4.79 Å². The van der Waals surface area contributed by atoms with Crippen LogP contribution in [0.4, 0.5) is 4.39 Å². The van der Waals surface area contributed by atoms with Crippen molar-refractivity contribution >= 4 is 11.9 Å². The van der Waals surface area contributed by atoms with Crippen molar-refractivity contribution in [3.8, 4) is 5.75 Å². The highest BCUT2D eigenvalue weighted by Crippen LogP contribution is 2.13. The van der Waals surface area contributed by atoms with E-state index in [-0.39, 0.29) is 11.6 Å². The quantitative estimate of drug-likeness (QED) is 0.603. The van der Waals surface area contributed by atoms with Crippen LogP contribution in [0.3, 0.4) is 0 Å². The fraction of sp³-hybridized carbons (Fsp3) is 0.118. The lowest BCUT2D eigenvalue weighted by Gasteiger charge is -2.02. The molecule has 0 unspecified atom stereocenters. The second-order valence-electron chi connectivity index (χ2n) is 4.21. The van der Waals surface area contributed by atoms with E-state index in [9.17, 15) is 9.18 Å². The molecule has 2 nitrogen and oxygen atoms in total. The minimum atomic E-state index is -0.350. The van der Waals surface area contributed by atoms with E-state index in [1.165, 1.54) is 30.3 Å². The van der Waals surface area contributed by atoms with E-state index in [0.717, 1.165) is 11.3 Å². The van der Waals surface area contributed by atoms with Gasteiger partial charge in [-0.25, -0.2) is 4.39 Å². The van der Waals surface area contributed by atoms with Gasteiger partial charge in [0.2, 0.25) is 0 Å². The molecule has 3 heteroatoms. The SMILES string of the molecule is CCOc1ccc(/C=C/C(=O)c2ccc(F)cc2)cc1. The number of allylic oxidation sites excluding steroid dienone is 1. The van der Waals surface area contributed by atoms with E-state index < -0.39 is 0 Å². The number of carbonyl (C=O) groups is 1. The first-order valence-electron chi connectivity index (χ1n) is 6.40. The van der Waals surface area contributed by atoms with Crippen LogP contribution in [0.15, 0.2) is 54.6 Å². The third-order valence-corrected chi connectivity index (χ3v) is 2.75. The second kappa shape index (κ2) is 6.66. The van der Waals surface area contributed by atoms with Crippen LogP contribution in [0.2, 0.25) is 0 Å². The molecule has 2 aromatic carbocycles. The van der Waals surface area contributed by atoms with E-state index in [4.69, 9.17) is 4.74 Å². The number of benzene rings is 2. The lowest BCUT2D eigenvalue weighted by atomic mass is 10.1. The fourth-order valence-electron chi connectivity index (χ4n) is 1.72. The van der Waals surface area contributed by atoms with Crippen molar-refractivity contribution in [2.75, 3.05) is 6.61 Å². The molecule has 0 saturated carbocycles. The molecule has 102 valence electrons. The molecule has 0 aliphatic rings. The molecule has 0 atom stereocenters. The number of ether oxygens (including phenoxy) is 1. The van der Waals surface area contributed by atoms with Crippen LogP contribution in [0.5, 0.6) is 5.75 Å². The van der Waals surface area contributed by atoms with Gasteiger partial charge in [0.25, 0.3) is 0 Å². The zero-order valence-corrected chi connectivity index (χ0v) is 11.2. The van der Waals surface area contributed by atoms with Gasteiger partial charge >= 0.3 is 0 Å². The molecule has 2 aromatic rings. The third kappa shape index (κ3) is 3.79. The zero-order chi connectivity index (χ0) is 14.4. The molecule has 0 fully saturated rings. The van der Waals surface area contributed by atoms with Crippen LogP contribution >= 0.6 is 0 Å². The van der Waals surface area contributed by atoms with Gasteiger partial charge in [-0.2, -0.15) is 0 Å². The highest BCUT2D eigenvalue weighted by Gasteiger charge is 2.01. The molecule has 20 heavy (non-hydrogen) atoms. The molecular formula is C17H15FO2. The summed E-state index contributed by atoms with van der Waals surface area (Å²) in [5.41, 5.74) is 1.37. The Morgan fingerprint density at radius 3 is 2.35 bits per heavy atom. The van der Waals surface area contributed by atoms with Crippen LogP contribution < -0.4 is 4.74 Å². The Balaban J connectivity index is 2.04. The first kappa shape index (κ1) is 14.0. The molecule has 0 spiro atoms. The molecule has 0 aliphatic carbocycles. The van der Waals surface area contributed by atoms with E-state index >= 15 is 0 Å². The Hall–Kier alpha value is -2.42. The molecule has 0 N–H and O–H groups in total. The van der Waals surface area contributed by atoms with Crippen molar-refractivity contribution in [3.63, 3.8) is 0 Å². The van der Waals surface area contributed by atoms with Crippen molar-refractivity contribution in [2.24, 2.45) is 0 Å². The van der Waals surface area contributed by atoms with Crippen LogP contribution in [-0.2, 0) is 0 Å². The van der Waals surface area contributed by atoms with Gasteiger partial charge < -0.3 is 4.74 Å². The van der Waals surface area contributed by atoms with Gasteiger partial charge in [0.05, 0.1) is 6.61 Å². The van der Waals surface area contributed by atoms with Crippen LogP contribution in [0.25, 0.3) is 6.08 Å². The zero-order valence-electron chi connectivity index (χ0n) is 11.2. The maximum absolute atomic E-state index is 12.8. The Bertz CT molecular complexity index is 598.